The third-order valence-corrected chi connectivity index (χ3v) is 6.33. The van der Waals surface area contributed by atoms with Crippen LogP contribution in [0, 0.1) is 23.4 Å². The van der Waals surface area contributed by atoms with Crippen LogP contribution in [-0.2, 0) is 0 Å². The predicted octanol–water partition coefficient (Wildman–Crippen LogP) is 8.08. The first kappa shape index (κ1) is 22.4. The number of hydrogen-bond donors (Lipinski definition) is 0. The maximum Gasteiger partial charge on any atom is 0.190 e. The molecule has 5 heteroatoms. The summed E-state index contributed by atoms with van der Waals surface area (Å²) in [5, 5.41) is 0. The van der Waals surface area contributed by atoms with Gasteiger partial charge in [-0.25, -0.2) is 17.6 Å². The van der Waals surface area contributed by atoms with Crippen LogP contribution in [0.1, 0.15) is 44.1 Å². The van der Waals surface area contributed by atoms with Crippen molar-refractivity contribution in [3.8, 4) is 28.0 Å². The third-order valence-electron chi connectivity index (χ3n) is 6.33. The topological polar surface area (TPSA) is 9.23 Å². The Balaban J connectivity index is 1.55. The third kappa shape index (κ3) is 4.82. The van der Waals surface area contributed by atoms with Gasteiger partial charge in [-0.2, -0.15) is 0 Å². The first-order chi connectivity index (χ1) is 15.5. The Morgan fingerprint density at radius 1 is 0.750 bits per heavy atom. The van der Waals surface area contributed by atoms with Crippen molar-refractivity contribution in [2.24, 2.45) is 5.92 Å². The average Bonchev–Trinajstić information content (AvgIpc) is 2.79. The molecule has 0 saturated heterocycles. The second-order valence-electron chi connectivity index (χ2n) is 8.58. The van der Waals surface area contributed by atoms with E-state index in [4.69, 9.17) is 4.74 Å². The van der Waals surface area contributed by atoms with Crippen molar-refractivity contribution < 1.29 is 22.3 Å². The summed E-state index contributed by atoms with van der Waals surface area (Å²) in [7, 11) is 0. The highest BCUT2D eigenvalue weighted by atomic mass is 19.1. The summed E-state index contributed by atoms with van der Waals surface area (Å²) >= 11 is 0. The molecule has 3 aromatic rings. The molecule has 0 spiro atoms. The van der Waals surface area contributed by atoms with E-state index in [1.54, 1.807) is 6.07 Å². The van der Waals surface area contributed by atoms with Crippen molar-refractivity contribution in [3.63, 3.8) is 0 Å². The minimum atomic E-state index is -0.996. The van der Waals surface area contributed by atoms with Crippen LogP contribution in [0.5, 0.6) is 5.75 Å². The lowest BCUT2D eigenvalue weighted by atomic mass is 9.79. The first-order valence-corrected chi connectivity index (χ1v) is 11.0. The molecule has 168 valence electrons. The van der Waals surface area contributed by atoms with E-state index in [1.807, 2.05) is 12.1 Å². The molecule has 0 bridgehead atoms. The SMILES string of the molecule is CC1CCC(c2ccc(-c3ccc(-c4cc(F)c(OCCF)c(F)c4)c(F)c3)cc2)CC1. The van der Waals surface area contributed by atoms with Gasteiger partial charge in [0.2, 0.25) is 0 Å². The molecule has 0 aliphatic heterocycles. The quantitative estimate of drug-likeness (QED) is 0.351. The van der Waals surface area contributed by atoms with Crippen LogP contribution < -0.4 is 4.74 Å². The van der Waals surface area contributed by atoms with E-state index in [-0.39, 0.29) is 11.1 Å². The first-order valence-electron chi connectivity index (χ1n) is 11.0. The van der Waals surface area contributed by atoms with Crippen LogP contribution in [0.2, 0.25) is 0 Å². The lowest BCUT2D eigenvalue weighted by Gasteiger charge is -2.26. The second kappa shape index (κ2) is 9.76. The number of ether oxygens (including phenoxy) is 1. The molecule has 3 aromatic carbocycles. The van der Waals surface area contributed by atoms with Gasteiger partial charge in [0.25, 0.3) is 0 Å². The number of halogens is 4. The van der Waals surface area contributed by atoms with E-state index in [9.17, 15) is 17.6 Å². The zero-order chi connectivity index (χ0) is 22.7. The highest BCUT2D eigenvalue weighted by Gasteiger charge is 2.20. The monoisotopic (exact) mass is 442 g/mol. The van der Waals surface area contributed by atoms with Crippen molar-refractivity contribution >= 4 is 0 Å². The molecule has 0 unspecified atom stereocenters. The minimum Gasteiger partial charge on any atom is -0.485 e. The number of hydrogen-bond acceptors (Lipinski definition) is 1. The molecule has 0 amide bonds. The molecule has 0 heterocycles. The smallest absolute Gasteiger partial charge is 0.190 e. The molecular formula is C27H26F4O. The van der Waals surface area contributed by atoms with Crippen molar-refractivity contribution in [2.45, 2.75) is 38.5 Å². The largest absolute Gasteiger partial charge is 0.485 e. The van der Waals surface area contributed by atoms with Crippen LogP contribution in [0.3, 0.4) is 0 Å². The Morgan fingerprint density at radius 3 is 1.94 bits per heavy atom. The van der Waals surface area contributed by atoms with Crippen LogP contribution in [0.15, 0.2) is 54.6 Å². The summed E-state index contributed by atoms with van der Waals surface area (Å²) < 4.78 is 60.2. The fraction of sp³-hybridized carbons (Fsp3) is 0.333. The maximum atomic E-state index is 14.9. The van der Waals surface area contributed by atoms with Gasteiger partial charge in [0.05, 0.1) is 0 Å². The Morgan fingerprint density at radius 2 is 1.34 bits per heavy atom. The van der Waals surface area contributed by atoms with Gasteiger partial charge in [-0.05, 0) is 65.1 Å². The summed E-state index contributed by atoms with van der Waals surface area (Å²) in [6, 6.07) is 14.8. The Hall–Kier alpha value is -2.82. The zero-order valence-electron chi connectivity index (χ0n) is 18.0. The summed E-state index contributed by atoms with van der Waals surface area (Å²) in [6.07, 6.45) is 4.91. The maximum absolute atomic E-state index is 14.9. The standard InChI is InChI=1S/C27H26F4O/c1-17-2-4-18(5-3-17)19-6-8-20(9-7-19)21-10-11-23(24(29)14-21)22-15-25(30)27(26(31)16-22)32-13-12-28/h6-11,14-18H,2-5,12-13H2,1H3. The molecule has 32 heavy (non-hydrogen) atoms. The van der Waals surface area contributed by atoms with Gasteiger partial charge in [-0.15, -0.1) is 0 Å². The molecule has 1 saturated carbocycles. The van der Waals surface area contributed by atoms with Crippen LogP contribution in [0.4, 0.5) is 17.6 Å². The van der Waals surface area contributed by atoms with Crippen molar-refractivity contribution in [2.75, 3.05) is 13.3 Å². The molecular weight excluding hydrogens is 416 g/mol. The van der Waals surface area contributed by atoms with Gasteiger partial charge in [-0.3, -0.25) is 0 Å². The zero-order valence-corrected chi connectivity index (χ0v) is 18.0. The Labute approximate surface area is 186 Å². The van der Waals surface area contributed by atoms with E-state index in [0.29, 0.717) is 11.5 Å². The molecule has 0 radical (unpaired) electrons. The van der Waals surface area contributed by atoms with E-state index in [0.717, 1.165) is 23.6 Å². The van der Waals surface area contributed by atoms with E-state index < -0.39 is 36.5 Å². The second-order valence-corrected chi connectivity index (χ2v) is 8.58. The van der Waals surface area contributed by atoms with Gasteiger partial charge in [0.1, 0.15) is 19.1 Å². The number of alkyl halides is 1. The fourth-order valence-corrected chi connectivity index (χ4v) is 4.46. The molecule has 1 aliphatic rings. The van der Waals surface area contributed by atoms with E-state index >= 15 is 0 Å². The molecule has 1 nitrogen and oxygen atoms in total. The lowest BCUT2D eigenvalue weighted by molar-refractivity contribution is 0.251. The molecule has 0 aromatic heterocycles. The molecule has 0 atom stereocenters. The minimum absolute atomic E-state index is 0.0542. The van der Waals surface area contributed by atoms with Crippen molar-refractivity contribution in [1.82, 2.24) is 0 Å². The Kier molecular flexibility index (Phi) is 6.83. The average molecular weight is 442 g/mol. The summed E-state index contributed by atoms with van der Waals surface area (Å²) in [4.78, 5) is 0. The normalized spacial score (nSPS) is 18.5. The van der Waals surface area contributed by atoms with Gasteiger partial charge in [0.15, 0.2) is 17.4 Å². The molecule has 1 aliphatic carbocycles. The fourth-order valence-electron chi connectivity index (χ4n) is 4.46. The van der Waals surface area contributed by atoms with E-state index in [1.165, 1.54) is 43.4 Å². The molecule has 0 N–H and O–H groups in total. The van der Waals surface area contributed by atoms with Crippen LogP contribution in [0.25, 0.3) is 22.3 Å². The van der Waals surface area contributed by atoms with Crippen LogP contribution in [-0.4, -0.2) is 13.3 Å². The molecule has 4 rings (SSSR count). The number of benzene rings is 3. The van der Waals surface area contributed by atoms with Gasteiger partial charge in [0, 0.05) is 5.56 Å². The summed E-state index contributed by atoms with van der Waals surface area (Å²) in [6.45, 7) is 0.988. The van der Waals surface area contributed by atoms with Crippen LogP contribution >= 0.6 is 0 Å². The predicted molar refractivity (Wildman–Crippen MR) is 119 cm³/mol. The Bertz CT molecular complexity index is 1050. The summed E-state index contributed by atoms with van der Waals surface area (Å²) in [5.74, 6) is -1.84. The molecule has 1 fully saturated rings. The van der Waals surface area contributed by atoms with Gasteiger partial charge in [-0.1, -0.05) is 56.2 Å². The highest BCUT2D eigenvalue weighted by Crippen LogP contribution is 2.37. The summed E-state index contributed by atoms with van der Waals surface area (Å²) in [5.41, 5.74) is 3.03. The highest BCUT2D eigenvalue weighted by molar-refractivity contribution is 5.71. The van der Waals surface area contributed by atoms with Crippen molar-refractivity contribution in [3.05, 3.63) is 77.6 Å². The number of rotatable bonds is 6. The van der Waals surface area contributed by atoms with Crippen molar-refractivity contribution in [1.29, 1.82) is 0 Å². The van der Waals surface area contributed by atoms with Gasteiger partial charge < -0.3 is 4.74 Å². The lowest BCUT2D eigenvalue weighted by Crippen LogP contribution is -2.10. The van der Waals surface area contributed by atoms with Gasteiger partial charge >= 0.3 is 0 Å². The van der Waals surface area contributed by atoms with E-state index in [2.05, 4.69) is 19.1 Å².